The van der Waals surface area contributed by atoms with Crippen molar-refractivity contribution < 1.29 is 4.74 Å². The highest BCUT2D eigenvalue weighted by Crippen LogP contribution is 2.38. The Morgan fingerprint density at radius 1 is 0.750 bits per heavy atom. The van der Waals surface area contributed by atoms with Gasteiger partial charge in [0.05, 0.1) is 6.61 Å². The molecule has 2 aliphatic rings. The molecule has 1 heterocycles. The molecule has 0 radical (unpaired) electrons. The first-order valence-electron chi connectivity index (χ1n) is 13.1. The highest BCUT2D eigenvalue weighted by molar-refractivity contribution is 5.70. The van der Waals surface area contributed by atoms with Crippen LogP contribution in [0.5, 0.6) is 0 Å². The number of rotatable bonds is 9. The summed E-state index contributed by atoms with van der Waals surface area (Å²) in [6.45, 7) is 5.22. The number of aliphatic imine (C=N–C) groups is 1. The first-order valence-corrected chi connectivity index (χ1v) is 13.1. The summed E-state index contributed by atoms with van der Waals surface area (Å²) in [7, 11) is 0. The molecule has 0 aromatic heterocycles. The fourth-order valence-corrected chi connectivity index (χ4v) is 5.43. The summed E-state index contributed by atoms with van der Waals surface area (Å²) >= 11 is 0. The van der Waals surface area contributed by atoms with Gasteiger partial charge in [0.15, 0.2) is 0 Å². The van der Waals surface area contributed by atoms with E-state index in [0.29, 0.717) is 0 Å². The maximum atomic E-state index is 5.90. The lowest BCUT2D eigenvalue weighted by molar-refractivity contribution is 0.0432. The minimum absolute atomic E-state index is 0.0603. The van der Waals surface area contributed by atoms with E-state index in [1.165, 1.54) is 73.6 Å². The molecule has 2 nitrogen and oxygen atoms in total. The third-order valence-electron chi connectivity index (χ3n) is 7.55. The molecule has 2 aromatic rings. The van der Waals surface area contributed by atoms with Gasteiger partial charge in [-0.2, -0.15) is 0 Å². The van der Waals surface area contributed by atoms with Crippen molar-refractivity contribution in [3.63, 3.8) is 0 Å². The molecular weight excluding hydrogens is 390 g/mol. The third kappa shape index (κ3) is 6.10. The molecule has 1 aliphatic heterocycles. The molecule has 172 valence electrons. The molecule has 1 saturated carbocycles. The zero-order valence-electron chi connectivity index (χ0n) is 20.1. The van der Waals surface area contributed by atoms with E-state index in [2.05, 4.69) is 73.6 Å². The van der Waals surface area contributed by atoms with Crippen LogP contribution in [0.15, 0.2) is 53.5 Å². The second kappa shape index (κ2) is 11.8. The van der Waals surface area contributed by atoms with E-state index in [1.54, 1.807) is 0 Å². The molecule has 0 amide bonds. The summed E-state index contributed by atoms with van der Waals surface area (Å²) < 4.78 is 5.90. The van der Waals surface area contributed by atoms with Gasteiger partial charge in [-0.15, -0.1) is 0 Å². The van der Waals surface area contributed by atoms with Crippen molar-refractivity contribution >= 4 is 6.21 Å². The molecular formula is C30H41NO. The van der Waals surface area contributed by atoms with Gasteiger partial charge in [0.25, 0.3) is 0 Å². The number of hydrogen-bond acceptors (Lipinski definition) is 2. The summed E-state index contributed by atoms with van der Waals surface area (Å²) in [5.41, 5.74) is 5.43. The number of benzene rings is 2. The lowest BCUT2D eigenvalue weighted by Crippen LogP contribution is -2.22. The van der Waals surface area contributed by atoms with Crippen molar-refractivity contribution in [1.82, 2.24) is 0 Å². The van der Waals surface area contributed by atoms with E-state index in [0.717, 1.165) is 31.3 Å². The predicted molar refractivity (Wildman–Crippen MR) is 137 cm³/mol. The standard InChI is InChI=1S/C30H41NO/c1-3-5-6-8-23-9-11-24(12-10-23)25-13-15-26(16-14-25)27-17-19-28(20-18-27)29-21-31-30(7-4-2)32-22-29/h13-21,23-24,29-30H,3-12,22H2,1-2H3. The fraction of sp³-hybridized carbons (Fsp3) is 0.567. The number of hydrogen-bond donors (Lipinski definition) is 0. The van der Waals surface area contributed by atoms with Crippen molar-refractivity contribution in [2.75, 3.05) is 6.61 Å². The monoisotopic (exact) mass is 431 g/mol. The molecule has 0 saturated heterocycles. The largest absolute Gasteiger partial charge is 0.356 e. The minimum atomic E-state index is 0.0603. The summed E-state index contributed by atoms with van der Waals surface area (Å²) in [5.74, 6) is 2.01. The van der Waals surface area contributed by atoms with E-state index in [1.807, 2.05) is 0 Å². The van der Waals surface area contributed by atoms with Gasteiger partial charge in [-0.05, 0) is 66.2 Å². The van der Waals surface area contributed by atoms with Crippen molar-refractivity contribution in [1.29, 1.82) is 0 Å². The Morgan fingerprint density at radius 3 is 1.97 bits per heavy atom. The van der Waals surface area contributed by atoms with Gasteiger partial charge >= 0.3 is 0 Å². The molecule has 2 atom stereocenters. The third-order valence-corrected chi connectivity index (χ3v) is 7.55. The lowest BCUT2D eigenvalue weighted by atomic mass is 9.77. The summed E-state index contributed by atoms with van der Waals surface area (Å²) in [6, 6.07) is 18.4. The van der Waals surface area contributed by atoms with E-state index in [4.69, 9.17) is 4.74 Å². The number of unbranched alkanes of at least 4 members (excludes halogenated alkanes) is 2. The van der Waals surface area contributed by atoms with Gasteiger partial charge in [0.1, 0.15) is 6.23 Å². The first kappa shape index (κ1) is 23.2. The van der Waals surface area contributed by atoms with Gasteiger partial charge in [-0.25, -0.2) is 0 Å². The zero-order chi connectivity index (χ0) is 22.2. The second-order valence-electron chi connectivity index (χ2n) is 9.94. The van der Waals surface area contributed by atoms with Crippen LogP contribution < -0.4 is 0 Å². The van der Waals surface area contributed by atoms with E-state index in [-0.39, 0.29) is 12.1 Å². The fourth-order valence-electron chi connectivity index (χ4n) is 5.43. The van der Waals surface area contributed by atoms with Crippen LogP contribution in [0.1, 0.15) is 101 Å². The summed E-state index contributed by atoms with van der Waals surface area (Å²) in [4.78, 5) is 4.59. The van der Waals surface area contributed by atoms with Crippen LogP contribution >= 0.6 is 0 Å². The number of ether oxygens (including phenoxy) is 1. The average Bonchev–Trinajstić information content (AvgIpc) is 2.86. The molecule has 2 unspecified atom stereocenters. The van der Waals surface area contributed by atoms with Gasteiger partial charge in [0.2, 0.25) is 0 Å². The Labute approximate surface area is 195 Å². The van der Waals surface area contributed by atoms with Gasteiger partial charge in [0, 0.05) is 12.1 Å². The molecule has 2 heteroatoms. The zero-order valence-corrected chi connectivity index (χ0v) is 20.1. The van der Waals surface area contributed by atoms with E-state index in [9.17, 15) is 0 Å². The Kier molecular flexibility index (Phi) is 8.56. The molecule has 1 fully saturated rings. The van der Waals surface area contributed by atoms with Crippen molar-refractivity contribution in [2.45, 2.75) is 96.1 Å². The van der Waals surface area contributed by atoms with E-state index < -0.39 is 0 Å². The van der Waals surface area contributed by atoms with Crippen LogP contribution in [0.25, 0.3) is 11.1 Å². The van der Waals surface area contributed by atoms with Gasteiger partial charge in [-0.1, -0.05) is 94.5 Å². The van der Waals surface area contributed by atoms with Crippen LogP contribution in [-0.4, -0.2) is 19.0 Å². The Bertz CT molecular complexity index is 830. The molecule has 1 aliphatic carbocycles. The Balaban J connectivity index is 1.31. The van der Waals surface area contributed by atoms with Crippen LogP contribution in [0, 0.1) is 5.92 Å². The molecule has 2 aromatic carbocycles. The maximum Gasteiger partial charge on any atom is 0.147 e. The second-order valence-corrected chi connectivity index (χ2v) is 9.94. The van der Waals surface area contributed by atoms with E-state index >= 15 is 0 Å². The smallest absolute Gasteiger partial charge is 0.147 e. The molecule has 0 bridgehead atoms. The van der Waals surface area contributed by atoms with Crippen molar-refractivity contribution in [3.8, 4) is 11.1 Å². The van der Waals surface area contributed by atoms with Crippen LogP contribution in [0.3, 0.4) is 0 Å². The SMILES string of the molecule is CCCCCC1CCC(c2ccc(-c3ccc(C4C=NC(CCC)OC4)cc3)cc2)CC1. The predicted octanol–water partition coefficient (Wildman–Crippen LogP) is 8.52. The molecule has 32 heavy (non-hydrogen) atoms. The Morgan fingerprint density at radius 2 is 1.41 bits per heavy atom. The topological polar surface area (TPSA) is 21.6 Å². The first-order chi connectivity index (χ1) is 15.8. The average molecular weight is 432 g/mol. The molecule has 4 rings (SSSR count). The van der Waals surface area contributed by atoms with Crippen LogP contribution in [0.4, 0.5) is 0 Å². The highest BCUT2D eigenvalue weighted by Gasteiger charge is 2.22. The van der Waals surface area contributed by atoms with Gasteiger partial charge < -0.3 is 4.74 Å². The van der Waals surface area contributed by atoms with Crippen molar-refractivity contribution in [2.24, 2.45) is 10.9 Å². The molecule has 0 spiro atoms. The van der Waals surface area contributed by atoms with Crippen LogP contribution in [0.2, 0.25) is 0 Å². The quantitative estimate of drug-likeness (QED) is 0.365. The number of nitrogens with zero attached hydrogens (tertiary/aromatic N) is 1. The highest BCUT2D eigenvalue weighted by atomic mass is 16.5. The molecule has 0 N–H and O–H groups in total. The summed E-state index contributed by atoms with van der Waals surface area (Å²) in [5, 5.41) is 0. The normalized spacial score (nSPS) is 25.7. The maximum absolute atomic E-state index is 5.90. The Hall–Kier alpha value is -1.93. The van der Waals surface area contributed by atoms with Crippen molar-refractivity contribution in [3.05, 3.63) is 59.7 Å². The lowest BCUT2D eigenvalue weighted by Gasteiger charge is -2.29. The van der Waals surface area contributed by atoms with Crippen LogP contribution in [-0.2, 0) is 4.74 Å². The summed E-state index contributed by atoms with van der Waals surface area (Å²) in [6.07, 6.45) is 15.5. The minimum Gasteiger partial charge on any atom is -0.356 e. The van der Waals surface area contributed by atoms with Gasteiger partial charge in [-0.3, -0.25) is 4.99 Å².